The minimum Gasteiger partial charge on any atom is -0.481 e. The van der Waals surface area contributed by atoms with Crippen molar-refractivity contribution in [1.82, 2.24) is 0 Å². The van der Waals surface area contributed by atoms with Gasteiger partial charge in [-0.1, -0.05) is 296 Å². The van der Waals surface area contributed by atoms with Gasteiger partial charge in [-0.15, -0.1) is 6.58 Å². The Hall–Kier alpha value is -4.47. The zero-order chi connectivity index (χ0) is 70.8. The fourth-order valence-corrected chi connectivity index (χ4v) is 12.9. The summed E-state index contributed by atoms with van der Waals surface area (Å²) in [5.74, 6) is -5.68. The zero-order valence-electron chi connectivity index (χ0n) is 60.5. The number of ketones is 3. The summed E-state index contributed by atoms with van der Waals surface area (Å²) in [5.41, 5.74) is -3.63. The SMILES string of the molecule is C=CCCCCCCCCCC(CCCCCCCCCCC(=O)O)(C(C)=O)C(=O)O.CC(=O)C(CCCCCCCCCCCO)(CCCCCCCCCCC(=O)O)C(=O)O.CCCCCCCCCCCC(CCCCCCCCCCC(=O)O)(C(C)=O)C(=O)O. The third-order valence-electron chi connectivity index (χ3n) is 19.5. The molecule has 0 aliphatic heterocycles. The van der Waals surface area contributed by atoms with Gasteiger partial charge in [0.05, 0.1) is 0 Å². The molecule has 16 heteroatoms. The molecule has 3 atom stereocenters. The second-order valence-corrected chi connectivity index (χ2v) is 27.5. The standard InChI is InChI=1S/C26H48O6.C26H48O5.C26H46O5/c1-23(28)26(25(31)32,20-16-12-8-4-2-6-10-14-18-22-27)21-17-13-9-5-3-7-11-15-19-24(29)30;2*1-3-4-5-6-7-9-12-15-18-21-26(23(2)27,25(30)31)22-19-16-13-10-8-11-14-17-20-24(28)29/h27H,2-22H2,1H3,(H,29,30)(H,31,32);3-22H2,1-2H3,(H,28,29)(H,30,31);3H,1,4-22H2,2H3,(H,28,29)(H,30,31). The molecule has 16 nitrogen and oxygen atoms in total. The Morgan fingerprint density at radius 1 is 0.266 bits per heavy atom. The van der Waals surface area contributed by atoms with Gasteiger partial charge in [0.2, 0.25) is 0 Å². The minimum absolute atomic E-state index is 0.196. The van der Waals surface area contributed by atoms with E-state index in [0.29, 0.717) is 38.5 Å². The van der Waals surface area contributed by atoms with Crippen molar-refractivity contribution in [3.63, 3.8) is 0 Å². The van der Waals surface area contributed by atoms with E-state index in [-0.39, 0.29) is 43.2 Å². The molecule has 0 radical (unpaired) electrons. The van der Waals surface area contributed by atoms with Crippen LogP contribution in [0.5, 0.6) is 0 Å². The van der Waals surface area contributed by atoms with Crippen LogP contribution in [0.4, 0.5) is 0 Å². The number of rotatable bonds is 70. The van der Waals surface area contributed by atoms with E-state index in [1.54, 1.807) is 0 Å². The molecule has 7 N–H and O–H groups in total. The fourth-order valence-electron chi connectivity index (χ4n) is 12.9. The average molecular weight is 1340 g/mol. The Morgan fingerprint density at radius 3 is 0.596 bits per heavy atom. The Kier molecular flexibility index (Phi) is 65.6. The van der Waals surface area contributed by atoms with Gasteiger partial charge in [-0.25, -0.2) is 0 Å². The van der Waals surface area contributed by atoms with E-state index in [1.807, 2.05) is 6.08 Å². The van der Waals surface area contributed by atoms with Gasteiger partial charge in [-0.2, -0.15) is 0 Å². The van der Waals surface area contributed by atoms with E-state index in [2.05, 4.69) is 13.5 Å². The minimum atomic E-state index is -1.22. The molecule has 0 aliphatic rings. The highest BCUT2D eigenvalue weighted by molar-refractivity contribution is 6.03. The fraction of sp³-hybridized carbons (Fsp3) is 0.859. The van der Waals surface area contributed by atoms with Crippen molar-refractivity contribution in [3.05, 3.63) is 12.7 Å². The quantitative estimate of drug-likeness (QED) is 0.0169. The van der Waals surface area contributed by atoms with Gasteiger partial charge in [0.1, 0.15) is 33.6 Å². The van der Waals surface area contributed by atoms with Gasteiger partial charge in [0, 0.05) is 25.9 Å². The molecule has 0 aromatic rings. The van der Waals surface area contributed by atoms with E-state index in [9.17, 15) is 58.5 Å². The second kappa shape index (κ2) is 65.8. The maximum absolute atomic E-state index is 12.3. The lowest BCUT2D eigenvalue weighted by Gasteiger charge is -2.27. The number of aliphatic hydroxyl groups excluding tert-OH is 1. The maximum atomic E-state index is 12.3. The molecule has 0 aliphatic carbocycles. The maximum Gasteiger partial charge on any atom is 0.317 e. The van der Waals surface area contributed by atoms with Crippen molar-refractivity contribution in [2.75, 3.05) is 6.61 Å². The molecule has 0 spiro atoms. The first-order valence-electron chi connectivity index (χ1n) is 38.2. The summed E-state index contributed by atoms with van der Waals surface area (Å²) in [5, 5.41) is 64.1. The number of aliphatic hydroxyl groups is 1. The molecule has 0 amide bonds. The van der Waals surface area contributed by atoms with Crippen LogP contribution in [0.25, 0.3) is 0 Å². The van der Waals surface area contributed by atoms with E-state index >= 15 is 0 Å². The number of unbranched alkanes of at least 4 members (excludes halogenated alkanes) is 44. The van der Waals surface area contributed by atoms with E-state index in [1.165, 1.54) is 97.8 Å². The second-order valence-electron chi connectivity index (χ2n) is 27.5. The van der Waals surface area contributed by atoms with Crippen molar-refractivity contribution >= 4 is 53.2 Å². The number of carboxylic acids is 6. The van der Waals surface area contributed by atoms with Gasteiger partial charge in [-0.3, -0.25) is 43.2 Å². The lowest BCUT2D eigenvalue weighted by atomic mass is 9.75. The number of carbonyl (C=O) groups is 9. The largest absolute Gasteiger partial charge is 0.481 e. The Morgan fingerprint density at radius 2 is 0.436 bits per heavy atom. The Balaban J connectivity index is -0.00000132. The Bertz CT molecular complexity index is 1890. The monoisotopic (exact) mass is 1340 g/mol. The number of Topliss-reactive ketones (excluding diaryl/α,β-unsaturated/α-hetero) is 3. The average Bonchev–Trinajstić information content (AvgIpc) is 0.856. The van der Waals surface area contributed by atoms with Gasteiger partial charge in [-0.05, 0) is 97.8 Å². The highest BCUT2D eigenvalue weighted by atomic mass is 16.4. The van der Waals surface area contributed by atoms with Crippen LogP contribution in [0.2, 0.25) is 0 Å². The summed E-state index contributed by atoms with van der Waals surface area (Å²) in [7, 11) is 0. The van der Waals surface area contributed by atoms with Crippen molar-refractivity contribution in [2.24, 2.45) is 16.2 Å². The van der Waals surface area contributed by atoms with Crippen LogP contribution in [0, 0.1) is 16.2 Å². The lowest BCUT2D eigenvalue weighted by Crippen LogP contribution is -2.38. The van der Waals surface area contributed by atoms with Crippen LogP contribution < -0.4 is 0 Å². The highest BCUT2D eigenvalue weighted by Crippen LogP contribution is 2.37. The molecular formula is C78H142O16. The molecule has 0 saturated heterocycles. The van der Waals surface area contributed by atoms with Crippen LogP contribution in [0.3, 0.4) is 0 Å². The molecule has 0 bridgehead atoms. The summed E-state index contributed by atoms with van der Waals surface area (Å²) in [6.45, 7) is 10.5. The van der Waals surface area contributed by atoms with Gasteiger partial charge in [0.25, 0.3) is 0 Å². The number of allylic oxidation sites excluding steroid dienone is 1. The van der Waals surface area contributed by atoms with Crippen LogP contribution in [0.15, 0.2) is 12.7 Å². The molecular weight excluding hydrogens is 1190 g/mol. The topological polar surface area (TPSA) is 295 Å². The number of aliphatic carboxylic acids is 6. The zero-order valence-corrected chi connectivity index (χ0v) is 60.5. The molecule has 0 saturated carbocycles. The summed E-state index contributed by atoms with van der Waals surface area (Å²) in [4.78, 5) is 104. The summed E-state index contributed by atoms with van der Waals surface area (Å²) < 4.78 is 0. The molecule has 0 heterocycles. The normalized spacial score (nSPS) is 13.0. The number of hydrogen-bond acceptors (Lipinski definition) is 10. The number of carboxylic acid groups (broad SMARTS) is 6. The van der Waals surface area contributed by atoms with Gasteiger partial charge >= 0.3 is 35.8 Å². The van der Waals surface area contributed by atoms with Crippen molar-refractivity contribution in [1.29, 1.82) is 0 Å². The first-order chi connectivity index (χ1) is 45.1. The predicted molar refractivity (Wildman–Crippen MR) is 381 cm³/mol. The van der Waals surface area contributed by atoms with Crippen molar-refractivity contribution in [3.8, 4) is 0 Å². The number of hydrogen-bond donors (Lipinski definition) is 7. The molecule has 3 unspecified atom stereocenters. The third-order valence-corrected chi connectivity index (χ3v) is 19.5. The first kappa shape index (κ1) is 93.7. The molecule has 0 aromatic heterocycles. The first-order valence-corrected chi connectivity index (χ1v) is 38.2. The molecule has 550 valence electrons. The lowest BCUT2D eigenvalue weighted by molar-refractivity contribution is -0.157. The van der Waals surface area contributed by atoms with E-state index < -0.39 is 52.1 Å². The van der Waals surface area contributed by atoms with Crippen molar-refractivity contribution in [2.45, 2.75) is 407 Å². The van der Waals surface area contributed by atoms with Crippen LogP contribution >= 0.6 is 0 Å². The van der Waals surface area contributed by atoms with Gasteiger partial charge < -0.3 is 35.7 Å². The molecule has 0 aromatic carbocycles. The molecule has 94 heavy (non-hydrogen) atoms. The van der Waals surface area contributed by atoms with Crippen LogP contribution in [0.1, 0.15) is 407 Å². The van der Waals surface area contributed by atoms with Crippen LogP contribution in [-0.4, -0.2) is 95.5 Å². The summed E-state index contributed by atoms with van der Waals surface area (Å²) in [6, 6.07) is 0. The summed E-state index contributed by atoms with van der Waals surface area (Å²) >= 11 is 0. The van der Waals surface area contributed by atoms with Crippen LogP contribution in [-0.2, 0) is 43.2 Å². The predicted octanol–water partition coefficient (Wildman–Crippen LogP) is 21.4. The third kappa shape index (κ3) is 53.6. The van der Waals surface area contributed by atoms with E-state index in [4.69, 9.17) is 20.4 Å². The molecule has 0 rings (SSSR count). The van der Waals surface area contributed by atoms with E-state index in [0.717, 1.165) is 244 Å². The molecule has 0 fully saturated rings. The Labute approximate surface area is 571 Å². The van der Waals surface area contributed by atoms with Crippen molar-refractivity contribution < 1.29 is 78.9 Å². The smallest absolute Gasteiger partial charge is 0.317 e. The summed E-state index contributed by atoms with van der Waals surface area (Å²) in [6.07, 6.45) is 57.3. The highest BCUT2D eigenvalue weighted by Gasteiger charge is 2.44. The van der Waals surface area contributed by atoms with Gasteiger partial charge in [0.15, 0.2) is 0 Å². The number of carbonyl (C=O) groups excluding carboxylic acids is 3.